The van der Waals surface area contributed by atoms with Gasteiger partial charge in [-0.25, -0.2) is 4.98 Å². The van der Waals surface area contributed by atoms with E-state index in [0.29, 0.717) is 58.4 Å². The molecule has 9 nitrogen and oxygen atoms in total. The number of fused-ring (bicyclic) bond motifs is 1. The highest BCUT2D eigenvalue weighted by Gasteiger charge is 2.27. The number of piperazine rings is 1. The molecule has 1 saturated heterocycles. The first-order valence-electron chi connectivity index (χ1n) is 13.3. The number of thiophene rings is 1. The number of nitrogens with zero attached hydrogens (tertiary/aromatic N) is 4. The van der Waals surface area contributed by atoms with E-state index in [9.17, 15) is 14.4 Å². The molecule has 2 aromatic heterocycles. The first-order chi connectivity index (χ1) is 19.2. The number of ether oxygens (including phenoxy) is 1. The minimum atomic E-state index is -0.326. The van der Waals surface area contributed by atoms with Crippen LogP contribution in [0.2, 0.25) is 0 Å². The summed E-state index contributed by atoms with van der Waals surface area (Å²) in [7, 11) is 1.64. The van der Waals surface area contributed by atoms with Gasteiger partial charge in [0.15, 0.2) is 0 Å². The number of nitrogens with one attached hydrogen (secondary N) is 1. The van der Waals surface area contributed by atoms with E-state index in [2.05, 4.69) is 29.0 Å². The van der Waals surface area contributed by atoms with Crippen molar-refractivity contribution in [3.05, 3.63) is 81.2 Å². The van der Waals surface area contributed by atoms with E-state index in [4.69, 9.17) is 4.74 Å². The van der Waals surface area contributed by atoms with Crippen molar-refractivity contribution in [2.45, 2.75) is 33.2 Å². The summed E-state index contributed by atoms with van der Waals surface area (Å²) in [5.41, 5.74) is 3.23. The van der Waals surface area contributed by atoms with Crippen molar-refractivity contribution in [2.24, 2.45) is 0 Å². The molecule has 0 radical (unpaired) electrons. The summed E-state index contributed by atoms with van der Waals surface area (Å²) >= 11 is 1.23. The Labute approximate surface area is 237 Å². The van der Waals surface area contributed by atoms with Gasteiger partial charge in [0.25, 0.3) is 11.5 Å². The van der Waals surface area contributed by atoms with Gasteiger partial charge in [-0.1, -0.05) is 26.0 Å². The average Bonchev–Trinajstić information content (AvgIpc) is 3.31. The van der Waals surface area contributed by atoms with Gasteiger partial charge in [0.2, 0.25) is 5.91 Å². The number of amides is 2. The summed E-state index contributed by atoms with van der Waals surface area (Å²) < 4.78 is 6.53. The second-order valence-corrected chi connectivity index (χ2v) is 11.2. The van der Waals surface area contributed by atoms with E-state index in [1.807, 2.05) is 53.4 Å². The van der Waals surface area contributed by atoms with Crippen LogP contribution in [0.15, 0.2) is 59.7 Å². The number of aryl methyl sites for hydroxylation is 1. The number of rotatable bonds is 7. The Hall–Kier alpha value is -4.18. The van der Waals surface area contributed by atoms with Gasteiger partial charge in [-0.2, -0.15) is 0 Å². The maximum absolute atomic E-state index is 13.5. The molecule has 0 aliphatic carbocycles. The predicted octanol–water partition coefficient (Wildman–Crippen LogP) is 4.50. The summed E-state index contributed by atoms with van der Waals surface area (Å²) in [4.78, 5) is 49.0. The largest absolute Gasteiger partial charge is 0.497 e. The lowest BCUT2D eigenvalue weighted by Crippen LogP contribution is -2.48. The molecule has 0 saturated carbocycles. The highest BCUT2D eigenvalue weighted by Crippen LogP contribution is 2.29. The quantitative estimate of drug-likeness (QED) is 0.358. The van der Waals surface area contributed by atoms with Crippen LogP contribution >= 0.6 is 11.3 Å². The Kier molecular flexibility index (Phi) is 7.88. The summed E-state index contributed by atoms with van der Waals surface area (Å²) in [5.74, 6) is 0.793. The Morgan fingerprint density at radius 1 is 1.02 bits per heavy atom. The molecule has 0 spiro atoms. The zero-order valence-electron chi connectivity index (χ0n) is 23.1. The van der Waals surface area contributed by atoms with Crippen LogP contribution in [0.1, 0.15) is 40.6 Å². The summed E-state index contributed by atoms with van der Waals surface area (Å²) in [6.07, 6.45) is 1.38. The Balaban J connectivity index is 1.27. The number of carbonyl (C=O) groups is 2. The van der Waals surface area contributed by atoms with E-state index < -0.39 is 0 Å². The molecule has 0 bridgehead atoms. The summed E-state index contributed by atoms with van der Waals surface area (Å²) in [6.45, 7) is 8.41. The number of hydrogen-bond donors (Lipinski definition) is 1. The third-order valence-corrected chi connectivity index (χ3v) is 8.48. The molecule has 1 aliphatic heterocycles. The fourth-order valence-electron chi connectivity index (χ4n) is 4.89. The van der Waals surface area contributed by atoms with Crippen molar-refractivity contribution in [1.82, 2.24) is 14.5 Å². The molecular formula is C30H33N5O4S. The molecule has 3 heterocycles. The van der Waals surface area contributed by atoms with E-state index >= 15 is 0 Å². The van der Waals surface area contributed by atoms with Crippen LogP contribution in [0.5, 0.6) is 5.75 Å². The minimum absolute atomic E-state index is 0.0941. The van der Waals surface area contributed by atoms with Crippen molar-refractivity contribution in [2.75, 3.05) is 43.5 Å². The number of methoxy groups -OCH3 is 1. The van der Waals surface area contributed by atoms with Crippen LogP contribution in [-0.4, -0.2) is 59.6 Å². The van der Waals surface area contributed by atoms with Gasteiger partial charge in [-0.05, 0) is 60.4 Å². The third-order valence-electron chi connectivity index (χ3n) is 7.29. The Morgan fingerprint density at radius 2 is 1.70 bits per heavy atom. The topological polar surface area (TPSA) is 96.8 Å². The van der Waals surface area contributed by atoms with Crippen molar-refractivity contribution in [3.63, 3.8) is 0 Å². The van der Waals surface area contributed by atoms with Gasteiger partial charge in [0.05, 0.1) is 23.7 Å². The molecule has 5 rings (SSSR count). The normalized spacial score (nSPS) is 13.6. The lowest BCUT2D eigenvalue weighted by molar-refractivity contribution is -0.116. The average molecular weight is 560 g/mol. The highest BCUT2D eigenvalue weighted by molar-refractivity contribution is 7.20. The molecule has 2 aromatic carbocycles. The van der Waals surface area contributed by atoms with E-state index in [-0.39, 0.29) is 23.9 Å². The minimum Gasteiger partial charge on any atom is -0.497 e. The first-order valence-corrected chi connectivity index (χ1v) is 14.1. The van der Waals surface area contributed by atoms with Crippen molar-refractivity contribution in [3.8, 4) is 5.75 Å². The maximum Gasteiger partial charge on any atom is 0.264 e. The standard InChI is InChI=1S/C30H33N5O4S/c1-19(2)21-5-7-22(8-6-21)32-25(36)17-35-18-31-28-26(29(35)37)20(3)27(40-28)30(38)34-15-13-33(14-16-34)23-9-11-24(39-4)12-10-23/h5-12,18-19H,13-17H2,1-4H3,(H,32,36). The summed E-state index contributed by atoms with van der Waals surface area (Å²) in [5, 5.41) is 3.23. The van der Waals surface area contributed by atoms with Crippen molar-refractivity contribution >= 4 is 44.7 Å². The highest BCUT2D eigenvalue weighted by atomic mass is 32.1. The number of carbonyl (C=O) groups excluding carboxylic acids is 2. The first kappa shape index (κ1) is 27.4. The molecule has 0 unspecified atom stereocenters. The molecule has 2 amide bonds. The second-order valence-electron chi connectivity index (χ2n) is 10.2. The van der Waals surface area contributed by atoms with Gasteiger partial charge in [-0.15, -0.1) is 11.3 Å². The van der Waals surface area contributed by atoms with Crippen molar-refractivity contribution in [1.29, 1.82) is 0 Å². The zero-order valence-corrected chi connectivity index (χ0v) is 24.0. The smallest absolute Gasteiger partial charge is 0.264 e. The van der Waals surface area contributed by atoms with Crippen LogP contribution in [0.3, 0.4) is 0 Å². The van der Waals surface area contributed by atoms with Gasteiger partial charge >= 0.3 is 0 Å². The Morgan fingerprint density at radius 3 is 2.33 bits per heavy atom. The molecule has 1 aliphatic rings. The van der Waals surface area contributed by atoms with Gasteiger partial charge in [-0.3, -0.25) is 19.0 Å². The predicted molar refractivity (Wildman–Crippen MR) is 159 cm³/mol. The van der Waals surface area contributed by atoms with Crippen LogP contribution in [0, 0.1) is 6.92 Å². The lowest BCUT2D eigenvalue weighted by atomic mass is 10.0. The Bertz CT molecular complexity index is 1580. The third kappa shape index (κ3) is 5.58. The van der Waals surface area contributed by atoms with Crippen LogP contribution in [0.4, 0.5) is 11.4 Å². The van der Waals surface area contributed by atoms with Gasteiger partial charge < -0.3 is 19.9 Å². The second kappa shape index (κ2) is 11.5. The number of aromatic nitrogens is 2. The maximum atomic E-state index is 13.5. The van der Waals surface area contributed by atoms with Gasteiger partial charge in [0.1, 0.15) is 17.1 Å². The molecule has 208 valence electrons. The van der Waals surface area contributed by atoms with Gasteiger partial charge in [0, 0.05) is 37.6 Å². The number of hydrogen-bond acceptors (Lipinski definition) is 7. The lowest BCUT2D eigenvalue weighted by Gasteiger charge is -2.36. The zero-order chi connectivity index (χ0) is 28.4. The SMILES string of the molecule is COc1ccc(N2CCN(C(=O)c3sc4ncn(CC(=O)Nc5ccc(C(C)C)cc5)c(=O)c4c3C)CC2)cc1. The van der Waals surface area contributed by atoms with Crippen molar-refractivity contribution < 1.29 is 14.3 Å². The van der Waals surface area contributed by atoms with Crippen LogP contribution in [0.25, 0.3) is 10.2 Å². The van der Waals surface area contributed by atoms with Crippen LogP contribution in [-0.2, 0) is 11.3 Å². The fraction of sp³-hybridized carbons (Fsp3) is 0.333. The molecular weight excluding hydrogens is 526 g/mol. The fourth-order valence-corrected chi connectivity index (χ4v) is 5.99. The van der Waals surface area contributed by atoms with E-state index in [0.717, 1.165) is 11.4 Å². The molecule has 1 N–H and O–H groups in total. The van der Waals surface area contributed by atoms with E-state index in [1.165, 1.54) is 27.8 Å². The monoisotopic (exact) mass is 559 g/mol. The number of anilines is 2. The molecule has 40 heavy (non-hydrogen) atoms. The molecule has 10 heteroatoms. The molecule has 1 fully saturated rings. The molecule has 4 aromatic rings. The van der Waals surface area contributed by atoms with E-state index in [1.54, 1.807) is 14.0 Å². The summed E-state index contributed by atoms with van der Waals surface area (Å²) in [6, 6.07) is 15.6. The number of benzene rings is 2. The molecule has 0 atom stereocenters. The van der Waals surface area contributed by atoms with Crippen LogP contribution < -0.4 is 20.5 Å².